The molecule has 2 rings (SSSR count). The van der Waals surface area contributed by atoms with Gasteiger partial charge in [-0.2, -0.15) is 0 Å². The lowest BCUT2D eigenvalue weighted by Gasteiger charge is -2.18. The Hall–Kier alpha value is -1.71. The molecule has 0 heterocycles. The molecule has 98 valence electrons. The summed E-state index contributed by atoms with van der Waals surface area (Å²) in [7, 11) is 1.55. The number of carbonyl (C=O) groups is 1. The molecule has 1 saturated carbocycles. The van der Waals surface area contributed by atoms with E-state index in [0.717, 1.165) is 18.4 Å². The van der Waals surface area contributed by atoms with E-state index in [0.29, 0.717) is 17.2 Å². The number of hydrogen-bond acceptors (Lipinski definition) is 3. The summed E-state index contributed by atoms with van der Waals surface area (Å²) in [5.74, 6) is 0.278. The van der Waals surface area contributed by atoms with Gasteiger partial charge in [-0.05, 0) is 37.3 Å². The van der Waals surface area contributed by atoms with Crippen molar-refractivity contribution in [2.75, 3.05) is 7.11 Å². The smallest absolute Gasteiger partial charge is 0.303 e. The summed E-state index contributed by atoms with van der Waals surface area (Å²) >= 11 is 0. The highest BCUT2D eigenvalue weighted by Crippen LogP contribution is 2.48. The van der Waals surface area contributed by atoms with Crippen LogP contribution in [0.25, 0.3) is 0 Å². The van der Waals surface area contributed by atoms with Gasteiger partial charge in [0.2, 0.25) is 0 Å². The molecule has 1 atom stereocenters. The van der Waals surface area contributed by atoms with Gasteiger partial charge in [-0.3, -0.25) is 4.79 Å². The molecule has 1 unspecified atom stereocenters. The van der Waals surface area contributed by atoms with Crippen LogP contribution in [0.2, 0.25) is 0 Å². The van der Waals surface area contributed by atoms with E-state index in [1.54, 1.807) is 26.2 Å². The molecule has 18 heavy (non-hydrogen) atoms. The molecule has 2 N–H and O–H groups in total. The number of aliphatic carboxylic acids is 1. The summed E-state index contributed by atoms with van der Waals surface area (Å²) in [6, 6.07) is 3.58. The van der Waals surface area contributed by atoms with Gasteiger partial charge in [-0.15, -0.1) is 0 Å². The summed E-state index contributed by atoms with van der Waals surface area (Å²) in [4.78, 5) is 10.9. The molecule has 4 heteroatoms. The van der Waals surface area contributed by atoms with Gasteiger partial charge in [-0.25, -0.2) is 0 Å². The molecule has 0 aromatic heterocycles. The highest BCUT2D eigenvalue weighted by atomic mass is 16.5. The zero-order valence-corrected chi connectivity index (χ0v) is 10.6. The Bertz CT molecular complexity index is 463. The summed E-state index contributed by atoms with van der Waals surface area (Å²) in [6.07, 6.45) is 2.16. The molecule has 1 aromatic rings. The fraction of sp³-hybridized carbons (Fsp3) is 0.500. The average molecular weight is 250 g/mol. The monoisotopic (exact) mass is 250 g/mol. The molecular formula is C14H18O4. The Morgan fingerprint density at radius 3 is 2.67 bits per heavy atom. The van der Waals surface area contributed by atoms with E-state index in [1.807, 2.05) is 0 Å². The molecule has 1 aliphatic carbocycles. The lowest BCUT2D eigenvalue weighted by atomic mass is 9.89. The Morgan fingerprint density at radius 1 is 1.50 bits per heavy atom. The molecular weight excluding hydrogens is 232 g/mol. The van der Waals surface area contributed by atoms with Crippen molar-refractivity contribution in [3.8, 4) is 11.5 Å². The molecule has 1 fully saturated rings. The van der Waals surface area contributed by atoms with Crippen molar-refractivity contribution in [1.29, 1.82) is 0 Å². The van der Waals surface area contributed by atoms with Gasteiger partial charge < -0.3 is 14.9 Å². The van der Waals surface area contributed by atoms with Crippen LogP contribution in [0.4, 0.5) is 0 Å². The fourth-order valence-corrected chi connectivity index (χ4v) is 2.44. The maximum absolute atomic E-state index is 10.9. The van der Waals surface area contributed by atoms with Crippen molar-refractivity contribution in [2.45, 2.75) is 32.1 Å². The number of methoxy groups -OCH3 is 1. The number of phenolic OH excluding ortho intramolecular Hbond substituents is 1. The highest BCUT2D eigenvalue weighted by Gasteiger charge is 2.35. The first-order chi connectivity index (χ1) is 8.54. The first kappa shape index (κ1) is 12.7. The van der Waals surface area contributed by atoms with Crippen molar-refractivity contribution in [3.63, 3.8) is 0 Å². The Morgan fingerprint density at radius 2 is 2.17 bits per heavy atom. The van der Waals surface area contributed by atoms with E-state index in [4.69, 9.17) is 9.84 Å². The summed E-state index contributed by atoms with van der Waals surface area (Å²) in [5, 5.41) is 19.2. The van der Waals surface area contributed by atoms with Gasteiger partial charge in [0.25, 0.3) is 0 Å². The first-order valence-corrected chi connectivity index (χ1v) is 6.12. The summed E-state index contributed by atoms with van der Waals surface area (Å²) in [6.45, 7) is 1.78. The standard InChI is InChI=1S/C14H18O4/c1-8-12(18-2)6-5-10(14(8)17)11(7-13(15)16)9-3-4-9/h5-6,9,11,17H,3-4,7H2,1-2H3,(H,15,16). The quantitative estimate of drug-likeness (QED) is 0.843. The normalized spacial score (nSPS) is 16.3. The van der Waals surface area contributed by atoms with Crippen LogP contribution in [0, 0.1) is 12.8 Å². The van der Waals surface area contributed by atoms with Crippen molar-refractivity contribution >= 4 is 5.97 Å². The van der Waals surface area contributed by atoms with Crippen LogP contribution >= 0.6 is 0 Å². The minimum atomic E-state index is -0.820. The highest BCUT2D eigenvalue weighted by molar-refractivity contribution is 5.69. The molecule has 0 aliphatic heterocycles. The van der Waals surface area contributed by atoms with Crippen molar-refractivity contribution in [1.82, 2.24) is 0 Å². The largest absolute Gasteiger partial charge is 0.507 e. The van der Waals surface area contributed by atoms with E-state index in [9.17, 15) is 9.90 Å². The van der Waals surface area contributed by atoms with E-state index >= 15 is 0 Å². The predicted octanol–water partition coefficient (Wildman–Crippen LogP) is 2.68. The number of aromatic hydroxyl groups is 1. The van der Waals surface area contributed by atoms with Crippen LogP contribution < -0.4 is 4.74 Å². The number of carboxylic acids is 1. The molecule has 0 amide bonds. The third-order valence-electron chi connectivity index (χ3n) is 3.62. The van der Waals surface area contributed by atoms with E-state index < -0.39 is 5.97 Å². The van der Waals surface area contributed by atoms with Crippen molar-refractivity contribution in [2.24, 2.45) is 5.92 Å². The molecule has 1 aliphatic rings. The zero-order chi connectivity index (χ0) is 13.3. The Balaban J connectivity index is 2.35. The van der Waals surface area contributed by atoms with Crippen LogP contribution in [0.15, 0.2) is 12.1 Å². The minimum Gasteiger partial charge on any atom is -0.507 e. The SMILES string of the molecule is COc1ccc(C(CC(=O)O)C2CC2)c(O)c1C. The van der Waals surface area contributed by atoms with Gasteiger partial charge >= 0.3 is 5.97 Å². The Labute approximate surface area is 106 Å². The predicted molar refractivity (Wildman–Crippen MR) is 67.1 cm³/mol. The third-order valence-corrected chi connectivity index (χ3v) is 3.62. The van der Waals surface area contributed by atoms with Crippen molar-refractivity contribution in [3.05, 3.63) is 23.3 Å². The fourth-order valence-electron chi connectivity index (χ4n) is 2.44. The minimum absolute atomic E-state index is 0.0734. The van der Waals surface area contributed by atoms with Gasteiger partial charge in [0.05, 0.1) is 13.5 Å². The number of rotatable bonds is 5. The number of phenols is 1. The Kier molecular flexibility index (Phi) is 3.45. The second-order valence-corrected chi connectivity index (χ2v) is 4.87. The molecule has 0 bridgehead atoms. The molecule has 0 saturated heterocycles. The summed E-state index contributed by atoms with van der Waals surface area (Å²) < 4.78 is 5.14. The van der Waals surface area contributed by atoms with Crippen LogP contribution in [-0.2, 0) is 4.79 Å². The molecule has 0 spiro atoms. The molecule has 4 nitrogen and oxygen atoms in total. The number of carboxylic acid groups (broad SMARTS) is 1. The van der Waals surface area contributed by atoms with Gasteiger partial charge in [0.1, 0.15) is 11.5 Å². The second kappa shape index (κ2) is 4.88. The zero-order valence-electron chi connectivity index (χ0n) is 10.6. The van der Waals surface area contributed by atoms with Crippen molar-refractivity contribution < 1.29 is 19.7 Å². The summed E-state index contributed by atoms with van der Waals surface area (Å²) in [5.41, 5.74) is 1.41. The van der Waals surface area contributed by atoms with Crippen LogP contribution in [0.1, 0.15) is 36.3 Å². The molecule has 0 radical (unpaired) electrons. The van der Waals surface area contributed by atoms with Gasteiger partial charge in [0.15, 0.2) is 0 Å². The maximum atomic E-state index is 10.9. The average Bonchev–Trinajstić information content (AvgIpc) is 3.14. The van der Waals surface area contributed by atoms with E-state index in [1.165, 1.54) is 0 Å². The van der Waals surface area contributed by atoms with E-state index in [-0.39, 0.29) is 18.1 Å². The van der Waals surface area contributed by atoms with Gasteiger partial charge in [-0.1, -0.05) is 6.07 Å². The van der Waals surface area contributed by atoms with Crippen LogP contribution in [-0.4, -0.2) is 23.3 Å². The number of hydrogen-bond donors (Lipinski definition) is 2. The van der Waals surface area contributed by atoms with Crippen LogP contribution in [0.3, 0.4) is 0 Å². The second-order valence-electron chi connectivity index (χ2n) is 4.87. The topological polar surface area (TPSA) is 66.8 Å². The molecule has 1 aromatic carbocycles. The number of benzene rings is 1. The van der Waals surface area contributed by atoms with E-state index in [2.05, 4.69) is 0 Å². The van der Waals surface area contributed by atoms with Crippen LogP contribution in [0.5, 0.6) is 11.5 Å². The first-order valence-electron chi connectivity index (χ1n) is 6.12. The number of ether oxygens (including phenoxy) is 1. The van der Waals surface area contributed by atoms with Gasteiger partial charge in [0, 0.05) is 11.5 Å². The maximum Gasteiger partial charge on any atom is 0.303 e. The lowest BCUT2D eigenvalue weighted by molar-refractivity contribution is -0.137. The third kappa shape index (κ3) is 2.42. The lowest BCUT2D eigenvalue weighted by Crippen LogP contribution is -2.09.